The van der Waals surface area contributed by atoms with Crippen LogP contribution in [-0.4, -0.2) is 6.26 Å². The Bertz CT molecular complexity index is 346. The maximum Gasteiger partial charge on any atom is 0.416 e. The number of thioether (sulfide) groups is 1. The van der Waals surface area contributed by atoms with E-state index in [-0.39, 0.29) is 10.8 Å². The quantitative estimate of drug-likeness (QED) is 0.693. The van der Waals surface area contributed by atoms with Crippen LogP contribution in [0.4, 0.5) is 17.6 Å². The average molecular weight is 238 g/mol. The number of hydrogen-bond donors (Lipinski definition) is 0. The van der Waals surface area contributed by atoms with Crippen molar-refractivity contribution in [3.8, 4) is 0 Å². The van der Waals surface area contributed by atoms with E-state index in [1.54, 1.807) is 13.2 Å². The first kappa shape index (κ1) is 12.4. The van der Waals surface area contributed by atoms with Crippen molar-refractivity contribution in [2.75, 3.05) is 6.26 Å². The Morgan fingerprint density at radius 2 is 1.87 bits per heavy atom. The van der Waals surface area contributed by atoms with Crippen molar-refractivity contribution in [1.82, 2.24) is 0 Å². The lowest BCUT2D eigenvalue weighted by atomic mass is 10.1. The van der Waals surface area contributed by atoms with E-state index in [2.05, 4.69) is 0 Å². The van der Waals surface area contributed by atoms with E-state index in [4.69, 9.17) is 0 Å². The molecule has 0 saturated carbocycles. The van der Waals surface area contributed by atoms with E-state index >= 15 is 0 Å². The molecule has 5 heteroatoms. The Labute approximate surface area is 89.7 Å². The summed E-state index contributed by atoms with van der Waals surface area (Å²) < 4.78 is 50.2. The summed E-state index contributed by atoms with van der Waals surface area (Å²) in [4.78, 5) is 0. The number of hydrogen-bond acceptors (Lipinski definition) is 1. The molecule has 0 N–H and O–H groups in total. The molecule has 0 heterocycles. The molecular formula is C10H10F4S. The molecule has 1 atom stereocenters. The summed E-state index contributed by atoms with van der Waals surface area (Å²) in [5.74, 6) is -0.593. The van der Waals surface area contributed by atoms with Gasteiger partial charge in [0.25, 0.3) is 0 Å². The molecule has 0 aliphatic carbocycles. The fraction of sp³-hybridized carbons (Fsp3) is 0.400. The maximum absolute atomic E-state index is 13.2. The molecule has 0 aliphatic heterocycles. The first-order chi connectivity index (χ1) is 6.86. The summed E-state index contributed by atoms with van der Waals surface area (Å²) in [5, 5.41) is -0.285. The van der Waals surface area contributed by atoms with Crippen molar-refractivity contribution >= 4 is 11.8 Å². The monoisotopic (exact) mass is 238 g/mol. The molecule has 1 rings (SSSR count). The van der Waals surface area contributed by atoms with Gasteiger partial charge in [-0.15, -0.1) is 0 Å². The van der Waals surface area contributed by atoms with Crippen LogP contribution in [0.2, 0.25) is 0 Å². The lowest BCUT2D eigenvalue weighted by Gasteiger charge is -2.13. The van der Waals surface area contributed by atoms with Gasteiger partial charge in [0.2, 0.25) is 0 Å². The van der Waals surface area contributed by atoms with Crippen molar-refractivity contribution in [2.24, 2.45) is 0 Å². The van der Waals surface area contributed by atoms with Gasteiger partial charge in [0, 0.05) is 10.8 Å². The molecule has 1 unspecified atom stereocenters. The molecule has 1 aromatic carbocycles. The molecule has 15 heavy (non-hydrogen) atoms. The summed E-state index contributed by atoms with van der Waals surface area (Å²) in [6, 6.07) is 2.49. The predicted octanol–water partition coefficient (Wildman–Crippen LogP) is 4.27. The maximum atomic E-state index is 13.2. The van der Waals surface area contributed by atoms with Crippen LogP contribution in [0.5, 0.6) is 0 Å². The molecule has 0 saturated heterocycles. The van der Waals surface area contributed by atoms with Gasteiger partial charge in [-0.05, 0) is 31.4 Å². The standard InChI is InChI=1S/C10H10F4S/c1-6(15-2)8-5-7(10(12,13)14)3-4-9(8)11/h3-6H,1-2H3. The summed E-state index contributed by atoms with van der Waals surface area (Å²) in [5.41, 5.74) is -0.711. The molecule has 0 amide bonds. The number of alkyl halides is 3. The van der Waals surface area contributed by atoms with Gasteiger partial charge in [0.1, 0.15) is 5.82 Å². The van der Waals surface area contributed by atoms with Gasteiger partial charge in [-0.25, -0.2) is 4.39 Å². The fourth-order valence-corrected chi connectivity index (χ4v) is 1.59. The van der Waals surface area contributed by atoms with Crippen LogP contribution in [0.25, 0.3) is 0 Å². The number of rotatable bonds is 2. The molecular weight excluding hydrogens is 228 g/mol. The van der Waals surface area contributed by atoms with Crippen LogP contribution < -0.4 is 0 Å². The van der Waals surface area contributed by atoms with Crippen LogP contribution in [0, 0.1) is 5.82 Å². The van der Waals surface area contributed by atoms with Crippen molar-refractivity contribution in [2.45, 2.75) is 18.3 Å². The molecule has 0 bridgehead atoms. The van der Waals surface area contributed by atoms with Crippen LogP contribution in [0.15, 0.2) is 18.2 Å². The van der Waals surface area contributed by atoms with Crippen molar-refractivity contribution in [3.05, 3.63) is 35.1 Å². The highest BCUT2D eigenvalue weighted by Crippen LogP contribution is 2.34. The molecule has 0 radical (unpaired) electrons. The average Bonchev–Trinajstić information content (AvgIpc) is 2.15. The number of halogens is 4. The Balaban J connectivity index is 3.17. The van der Waals surface area contributed by atoms with Crippen molar-refractivity contribution in [3.63, 3.8) is 0 Å². The molecule has 84 valence electrons. The van der Waals surface area contributed by atoms with E-state index in [9.17, 15) is 17.6 Å². The molecule has 0 spiro atoms. The van der Waals surface area contributed by atoms with Crippen LogP contribution in [0.3, 0.4) is 0 Å². The number of benzene rings is 1. The smallest absolute Gasteiger partial charge is 0.207 e. The van der Waals surface area contributed by atoms with E-state index in [1.807, 2.05) is 0 Å². The Morgan fingerprint density at radius 1 is 1.27 bits per heavy atom. The Kier molecular flexibility index (Phi) is 3.65. The second kappa shape index (κ2) is 4.43. The van der Waals surface area contributed by atoms with Gasteiger partial charge < -0.3 is 0 Å². The third-order valence-electron chi connectivity index (χ3n) is 2.11. The summed E-state index contributed by atoms with van der Waals surface area (Å²) in [6.07, 6.45) is -2.69. The second-order valence-corrected chi connectivity index (χ2v) is 4.29. The van der Waals surface area contributed by atoms with E-state index < -0.39 is 17.6 Å². The Hall–Kier alpha value is -0.710. The third-order valence-corrected chi connectivity index (χ3v) is 3.08. The molecule has 0 aliphatic rings. The largest absolute Gasteiger partial charge is 0.416 e. The third kappa shape index (κ3) is 2.87. The van der Waals surface area contributed by atoms with Gasteiger partial charge in [0.15, 0.2) is 0 Å². The van der Waals surface area contributed by atoms with Gasteiger partial charge in [0.05, 0.1) is 5.56 Å². The first-order valence-corrected chi connectivity index (χ1v) is 5.54. The minimum atomic E-state index is -4.42. The second-order valence-electron chi connectivity index (χ2n) is 3.11. The summed E-state index contributed by atoms with van der Waals surface area (Å²) in [7, 11) is 0. The van der Waals surface area contributed by atoms with Crippen LogP contribution >= 0.6 is 11.8 Å². The summed E-state index contributed by atoms with van der Waals surface area (Å²) in [6.45, 7) is 1.67. The minimum absolute atomic E-state index is 0.0947. The lowest BCUT2D eigenvalue weighted by molar-refractivity contribution is -0.137. The first-order valence-electron chi connectivity index (χ1n) is 4.25. The zero-order chi connectivity index (χ0) is 11.6. The predicted molar refractivity (Wildman–Crippen MR) is 53.3 cm³/mol. The molecule has 0 fully saturated rings. The zero-order valence-electron chi connectivity index (χ0n) is 8.23. The lowest BCUT2D eigenvalue weighted by Crippen LogP contribution is -2.07. The minimum Gasteiger partial charge on any atom is -0.207 e. The topological polar surface area (TPSA) is 0 Å². The molecule has 0 nitrogen and oxygen atoms in total. The highest BCUT2D eigenvalue weighted by Gasteiger charge is 2.31. The van der Waals surface area contributed by atoms with Gasteiger partial charge in [-0.3, -0.25) is 0 Å². The Morgan fingerprint density at radius 3 is 2.33 bits per heavy atom. The molecule has 0 aromatic heterocycles. The van der Waals surface area contributed by atoms with E-state index in [0.29, 0.717) is 0 Å². The van der Waals surface area contributed by atoms with Gasteiger partial charge in [-0.2, -0.15) is 24.9 Å². The highest BCUT2D eigenvalue weighted by molar-refractivity contribution is 7.98. The van der Waals surface area contributed by atoms with Gasteiger partial charge >= 0.3 is 6.18 Å². The van der Waals surface area contributed by atoms with E-state index in [0.717, 1.165) is 18.2 Å². The van der Waals surface area contributed by atoms with Crippen LogP contribution in [0.1, 0.15) is 23.3 Å². The SMILES string of the molecule is CSC(C)c1cc(C(F)(F)F)ccc1F. The zero-order valence-corrected chi connectivity index (χ0v) is 9.05. The molecule has 1 aromatic rings. The summed E-state index contributed by atoms with van der Waals surface area (Å²) >= 11 is 1.30. The highest BCUT2D eigenvalue weighted by atomic mass is 32.2. The van der Waals surface area contributed by atoms with Crippen LogP contribution in [-0.2, 0) is 6.18 Å². The van der Waals surface area contributed by atoms with E-state index in [1.165, 1.54) is 11.8 Å². The van der Waals surface area contributed by atoms with Crippen molar-refractivity contribution < 1.29 is 17.6 Å². The normalized spacial score (nSPS) is 14.0. The fourth-order valence-electron chi connectivity index (χ4n) is 1.16. The van der Waals surface area contributed by atoms with Crippen molar-refractivity contribution in [1.29, 1.82) is 0 Å². The van der Waals surface area contributed by atoms with Gasteiger partial charge in [-0.1, -0.05) is 0 Å².